The number of benzene rings is 1. The van der Waals surface area contributed by atoms with Crippen molar-refractivity contribution in [2.45, 2.75) is 20.8 Å². The number of aryl methyl sites for hydroxylation is 3. The molecule has 1 aromatic carbocycles. The predicted octanol–water partition coefficient (Wildman–Crippen LogP) is 3.42. The van der Waals surface area contributed by atoms with Crippen LogP contribution in [0.25, 0.3) is 0 Å². The molecule has 0 fully saturated rings. The Morgan fingerprint density at radius 3 is 2.32 bits per heavy atom. The molecule has 2 rings (SSSR count). The molecule has 0 aliphatic carbocycles. The lowest BCUT2D eigenvalue weighted by molar-refractivity contribution is 0.102. The van der Waals surface area contributed by atoms with Gasteiger partial charge in [0.05, 0.1) is 0 Å². The summed E-state index contributed by atoms with van der Waals surface area (Å²) in [7, 11) is 0. The standard InChI is InChI=1S/C14H14BrN3O/c1-8-6-11(4-5-12(8)15)13(19)18-14-16-9(2)7-10(3)17-14/h4-7H,1-3H3,(H,16,17,18,19). The zero-order valence-corrected chi connectivity index (χ0v) is 12.6. The molecule has 0 unspecified atom stereocenters. The molecule has 5 heteroatoms. The molecule has 0 atom stereocenters. The second-order valence-electron chi connectivity index (χ2n) is 4.39. The zero-order valence-electron chi connectivity index (χ0n) is 11.0. The van der Waals surface area contributed by atoms with Gasteiger partial charge in [-0.1, -0.05) is 15.9 Å². The van der Waals surface area contributed by atoms with Crippen LogP contribution in [-0.2, 0) is 0 Å². The second kappa shape index (κ2) is 5.48. The highest BCUT2D eigenvalue weighted by atomic mass is 79.9. The summed E-state index contributed by atoms with van der Waals surface area (Å²) in [4.78, 5) is 20.5. The molecule has 0 saturated heterocycles. The van der Waals surface area contributed by atoms with E-state index in [2.05, 4.69) is 31.2 Å². The van der Waals surface area contributed by atoms with E-state index in [1.807, 2.05) is 39.0 Å². The fraction of sp³-hybridized carbons (Fsp3) is 0.214. The van der Waals surface area contributed by atoms with Gasteiger partial charge in [-0.05, 0) is 50.6 Å². The minimum absolute atomic E-state index is 0.208. The van der Waals surface area contributed by atoms with Crippen LogP contribution in [0, 0.1) is 20.8 Å². The first-order chi connectivity index (χ1) is 8.95. The highest BCUT2D eigenvalue weighted by molar-refractivity contribution is 9.10. The summed E-state index contributed by atoms with van der Waals surface area (Å²) in [6.45, 7) is 5.68. The third-order valence-electron chi connectivity index (χ3n) is 2.63. The molecule has 4 nitrogen and oxygen atoms in total. The van der Waals surface area contributed by atoms with Crippen LogP contribution in [0.2, 0.25) is 0 Å². The van der Waals surface area contributed by atoms with Crippen LogP contribution < -0.4 is 5.32 Å². The van der Waals surface area contributed by atoms with Crippen molar-refractivity contribution in [3.05, 3.63) is 51.3 Å². The van der Waals surface area contributed by atoms with E-state index in [9.17, 15) is 4.79 Å². The number of aromatic nitrogens is 2. The molecule has 98 valence electrons. The fourth-order valence-electron chi connectivity index (χ4n) is 1.74. The van der Waals surface area contributed by atoms with Gasteiger partial charge in [-0.2, -0.15) is 0 Å². The first-order valence-electron chi connectivity index (χ1n) is 5.85. The van der Waals surface area contributed by atoms with E-state index in [0.717, 1.165) is 21.4 Å². The van der Waals surface area contributed by atoms with E-state index in [4.69, 9.17) is 0 Å². The molecule has 1 N–H and O–H groups in total. The second-order valence-corrected chi connectivity index (χ2v) is 5.25. The van der Waals surface area contributed by atoms with Gasteiger partial charge in [-0.3, -0.25) is 10.1 Å². The van der Waals surface area contributed by atoms with Crippen molar-refractivity contribution >= 4 is 27.8 Å². The van der Waals surface area contributed by atoms with E-state index in [1.165, 1.54) is 0 Å². The summed E-state index contributed by atoms with van der Waals surface area (Å²) in [6, 6.07) is 7.29. The number of rotatable bonds is 2. The molecular weight excluding hydrogens is 306 g/mol. The van der Waals surface area contributed by atoms with Crippen molar-refractivity contribution in [2.24, 2.45) is 0 Å². The van der Waals surface area contributed by atoms with Gasteiger partial charge >= 0.3 is 0 Å². The van der Waals surface area contributed by atoms with Crippen molar-refractivity contribution in [3.63, 3.8) is 0 Å². The highest BCUT2D eigenvalue weighted by Crippen LogP contribution is 2.17. The summed E-state index contributed by atoms with van der Waals surface area (Å²) in [6.07, 6.45) is 0. The van der Waals surface area contributed by atoms with Gasteiger partial charge in [-0.25, -0.2) is 9.97 Å². The normalized spacial score (nSPS) is 10.3. The maximum absolute atomic E-state index is 12.1. The molecule has 2 aromatic rings. The fourth-order valence-corrected chi connectivity index (χ4v) is 1.99. The van der Waals surface area contributed by atoms with Gasteiger partial charge in [0.2, 0.25) is 5.95 Å². The maximum Gasteiger partial charge on any atom is 0.258 e. The average Bonchev–Trinajstić information content (AvgIpc) is 2.31. The van der Waals surface area contributed by atoms with Gasteiger partial charge in [0.15, 0.2) is 0 Å². The van der Waals surface area contributed by atoms with E-state index in [1.54, 1.807) is 6.07 Å². The number of nitrogens with zero attached hydrogens (tertiary/aromatic N) is 2. The molecule has 0 aliphatic heterocycles. The first-order valence-corrected chi connectivity index (χ1v) is 6.65. The summed E-state index contributed by atoms with van der Waals surface area (Å²) >= 11 is 3.41. The lowest BCUT2D eigenvalue weighted by atomic mass is 10.1. The summed E-state index contributed by atoms with van der Waals surface area (Å²) in [5.74, 6) is 0.128. The van der Waals surface area contributed by atoms with Crippen LogP contribution in [0.4, 0.5) is 5.95 Å². The number of amides is 1. The molecule has 0 spiro atoms. The quantitative estimate of drug-likeness (QED) is 0.922. The third-order valence-corrected chi connectivity index (χ3v) is 3.52. The first kappa shape index (κ1) is 13.7. The Labute approximate surface area is 120 Å². The molecule has 19 heavy (non-hydrogen) atoms. The topological polar surface area (TPSA) is 54.9 Å². The Balaban J connectivity index is 2.22. The minimum Gasteiger partial charge on any atom is -0.290 e. The van der Waals surface area contributed by atoms with Crippen LogP contribution in [-0.4, -0.2) is 15.9 Å². The lowest BCUT2D eigenvalue weighted by Gasteiger charge is -2.06. The van der Waals surface area contributed by atoms with E-state index in [-0.39, 0.29) is 5.91 Å². The zero-order chi connectivity index (χ0) is 14.0. The molecule has 0 aliphatic rings. The maximum atomic E-state index is 12.1. The van der Waals surface area contributed by atoms with E-state index >= 15 is 0 Å². The minimum atomic E-state index is -0.208. The van der Waals surface area contributed by atoms with E-state index in [0.29, 0.717) is 11.5 Å². The Kier molecular flexibility index (Phi) is 3.95. The summed E-state index contributed by atoms with van der Waals surface area (Å²) in [5.41, 5.74) is 3.25. The smallest absolute Gasteiger partial charge is 0.258 e. The van der Waals surface area contributed by atoms with Crippen molar-refractivity contribution in [2.75, 3.05) is 5.32 Å². The van der Waals surface area contributed by atoms with Crippen LogP contribution >= 0.6 is 15.9 Å². The number of hydrogen-bond donors (Lipinski definition) is 1. The third kappa shape index (κ3) is 3.38. The highest BCUT2D eigenvalue weighted by Gasteiger charge is 2.09. The predicted molar refractivity (Wildman–Crippen MR) is 78.3 cm³/mol. The number of carbonyl (C=O) groups excluding carboxylic acids is 1. The number of carbonyl (C=O) groups is 1. The summed E-state index contributed by atoms with van der Waals surface area (Å²) in [5, 5.41) is 2.71. The number of anilines is 1. The Morgan fingerprint density at radius 1 is 1.11 bits per heavy atom. The van der Waals surface area contributed by atoms with Crippen molar-refractivity contribution in [1.29, 1.82) is 0 Å². The van der Waals surface area contributed by atoms with Gasteiger partial charge in [0, 0.05) is 21.4 Å². The Hall–Kier alpha value is -1.75. The van der Waals surface area contributed by atoms with Crippen molar-refractivity contribution in [3.8, 4) is 0 Å². The number of halogens is 1. The van der Waals surface area contributed by atoms with Crippen molar-refractivity contribution in [1.82, 2.24) is 9.97 Å². The number of nitrogens with one attached hydrogen (secondary N) is 1. The molecule has 0 bridgehead atoms. The van der Waals surface area contributed by atoms with Crippen LogP contribution in [0.1, 0.15) is 27.3 Å². The van der Waals surface area contributed by atoms with Crippen LogP contribution in [0.5, 0.6) is 0 Å². The lowest BCUT2D eigenvalue weighted by Crippen LogP contribution is -2.15. The molecule has 1 heterocycles. The Morgan fingerprint density at radius 2 is 1.74 bits per heavy atom. The van der Waals surface area contributed by atoms with Gasteiger partial charge < -0.3 is 0 Å². The van der Waals surface area contributed by atoms with Crippen molar-refractivity contribution < 1.29 is 4.79 Å². The largest absolute Gasteiger partial charge is 0.290 e. The molecular formula is C14H14BrN3O. The molecule has 1 aromatic heterocycles. The SMILES string of the molecule is Cc1cc(C)nc(NC(=O)c2ccc(Br)c(C)c2)n1. The summed E-state index contributed by atoms with van der Waals surface area (Å²) < 4.78 is 0.978. The van der Waals surface area contributed by atoms with Gasteiger partial charge in [0.1, 0.15) is 0 Å². The molecule has 1 amide bonds. The van der Waals surface area contributed by atoms with Gasteiger partial charge in [-0.15, -0.1) is 0 Å². The van der Waals surface area contributed by atoms with Crippen LogP contribution in [0.15, 0.2) is 28.7 Å². The average molecular weight is 320 g/mol. The van der Waals surface area contributed by atoms with Gasteiger partial charge in [0.25, 0.3) is 5.91 Å². The van der Waals surface area contributed by atoms with Crippen LogP contribution in [0.3, 0.4) is 0 Å². The molecule has 0 radical (unpaired) electrons. The van der Waals surface area contributed by atoms with E-state index < -0.39 is 0 Å². The molecule has 0 saturated carbocycles. The number of hydrogen-bond acceptors (Lipinski definition) is 3. The monoisotopic (exact) mass is 319 g/mol. The Bertz CT molecular complexity index is 620.